The fourth-order valence-electron chi connectivity index (χ4n) is 4.08. The standard InChI is InChI=1S/C21H24ClFN4O4S/c22-17-10-15(5-6-18(17)23)25-20(28)14-4-3-9-27(13-14)32(30,31)16-11-19(24-12-16)21(29)26-7-1-2-8-26/h5-6,10-12,14,24H,1-4,7-9,13H2,(H,25,28). The molecule has 1 aromatic carbocycles. The average Bonchev–Trinajstić information content (AvgIpc) is 3.49. The smallest absolute Gasteiger partial charge is 0.270 e. The molecule has 2 N–H and O–H groups in total. The summed E-state index contributed by atoms with van der Waals surface area (Å²) < 4.78 is 40.9. The summed E-state index contributed by atoms with van der Waals surface area (Å²) in [6.07, 6.45) is 4.25. The fourth-order valence-corrected chi connectivity index (χ4v) is 5.78. The van der Waals surface area contributed by atoms with Crippen LogP contribution in [0.15, 0.2) is 35.4 Å². The molecule has 2 aromatic rings. The van der Waals surface area contributed by atoms with Crippen LogP contribution in [0.25, 0.3) is 0 Å². The number of benzene rings is 1. The summed E-state index contributed by atoms with van der Waals surface area (Å²) in [5, 5.41) is 2.56. The molecule has 32 heavy (non-hydrogen) atoms. The molecule has 11 heteroatoms. The fraction of sp³-hybridized carbons (Fsp3) is 0.429. The van der Waals surface area contributed by atoms with Crippen LogP contribution >= 0.6 is 11.6 Å². The van der Waals surface area contributed by atoms with E-state index in [9.17, 15) is 22.4 Å². The number of sulfonamides is 1. The number of carbonyl (C=O) groups excluding carboxylic acids is 2. The Morgan fingerprint density at radius 1 is 1.12 bits per heavy atom. The van der Waals surface area contributed by atoms with Crippen LogP contribution in [-0.2, 0) is 14.8 Å². The van der Waals surface area contributed by atoms with Crippen LogP contribution < -0.4 is 5.32 Å². The van der Waals surface area contributed by atoms with Gasteiger partial charge in [0.15, 0.2) is 0 Å². The van der Waals surface area contributed by atoms with E-state index >= 15 is 0 Å². The van der Waals surface area contributed by atoms with Crippen LogP contribution in [-0.4, -0.2) is 60.6 Å². The van der Waals surface area contributed by atoms with Gasteiger partial charge in [-0.1, -0.05) is 11.6 Å². The lowest BCUT2D eigenvalue weighted by Gasteiger charge is -2.31. The summed E-state index contributed by atoms with van der Waals surface area (Å²) >= 11 is 5.76. The van der Waals surface area contributed by atoms with Crippen molar-refractivity contribution in [1.29, 1.82) is 0 Å². The van der Waals surface area contributed by atoms with Gasteiger partial charge in [0.05, 0.1) is 10.9 Å². The van der Waals surface area contributed by atoms with Crippen LogP contribution in [0, 0.1) is 11.7 Å². The maximum absolute atomic E-state index is 13.3. The number of aromatic amines is 1. The molecular formula is C21H24ClFN4O4S. The first-order valence-electron chi connectivity index (χ1n) is 10.5. The molecular weight excluding hydrogens is 459 g/mol. The minimum absolute atomic E-state index is 0.00595. The number of nitrogens with zero attached hydrogens (tertiary/aromatic N) is 2. The predicted molar refractivity (Wildman–Crippen MR) is 117 cm³/mol. The first kappa shape index (κ1) is 22.8. The van der Waals surface area contributed by atoms with Crippen LogP contribution in [0.2, 0.25) is 5.02 Å². The van der Waals surface area contributed by atoms with Crippen molar-refractivity contribution in [1.82, 2.24) is 14.2 Å². The van der Waals surface area contributed by atoms with E-state index in [0.29, 0.717) is 31.6 Å². The van der Waals surface area contributed by atoms with E-state index < -0.39 is 21.8 Å². The Labute approximate surface area is 190 Å². The summed E-state index contributed by atoms with van der Waals surface area (Å²) in [6, 6.07) is 5.22. The second-order valence-corrected chi connectivity index (χ2v) is 10.4. The molecule has 2 fully saturated rings. The molecule has 0 saturated carbocycles. The highest BCUT2D eigenvalue weighted by Gasteiger charge is 2.34. The summed E-state index contributed by atoms with van der Waals surface area (Å²) in [4.78, 5) is 29.7. The van der Waals surface area contributed by atoms with Gasteiger partial charge in [-0.15, -0.1) is 0 Å². The second-order valence-electron chi connectivity index (χ2n) is 8.07. The minimum Gasteiger partial charge on any atom is -0.356 e. The molecule has 2 saturated heterocycles. The van der Waals surface area contributed by atoms with Crippen LogP contribution in [0.4, 0.5) is 10.1 Å². The number of aromatic nitrogens is 1. The number of carbonyl (C=O) groups is 2. The highest BCUT2D eigenvalue weighted by atomic mass is 35.5. The zero-order valence-corrected chi connectivity index (χ0v) is 18.9. The summed E-state index contributed by atoms with van der Waals surface area (Å²) in [5.74, 6) is -1.72. The second kappa shape index (κ2) is 9.21. The third-order valence-electron chi connectivity index (χ3n) is 5.86. The van der Waals surface area contributed by atoms with Gasteiger partial charge in [-0.05, 0) is 49.9 Å². The minimum atomic E-state index is -3.87. The molecule has 0 spiro atoms. The van der Waals surface area contributed by atoms with E-state index in [2.05, 4.69) is 10.3 Å². The van der Waals surface area contributed by atoms with Crippen LogP contribution in [0.1, 0.15) is 36.2 Å². The lowest BCUT2D eigenvalue weighted by atomic mass is 9.99. The number of anilines is 1. The number of hydrogen-bond acceptors (Lipinski definition) is 4. The number of rotatable bonds is 5. The van der Waals surface area contributed by atoms with Gasteiger partial charge in [-0.3, -0.25) is 9.59 Å². The lowest BCUT2D eigenvalue weighted by Crippen LogP contribution is -2.43. The summed E-state index contributed by atoms with van der Waals surface area (Å²) in [7, 11) is -3.87. The van der Waals surface area contributed by atoms with Gasteiger partial charge >= 0.3 is 0 Å². The Hall–Kier alpha value is -2.43. The van der Waals surface area contributed by atoms with E-state index in [1.54, 1.807) is 4.90 Å². The molecule has 8 nitrogen and oxygen atoms in total. The molecule has 3 heterocycles. The number of halogens is 2. The number of piperidine rings is 1. The number of nitrogens with one attached hydrogen (secondary N) is 2. The Kier molecular flexibility index (Phi) is 6.55. The SMILES string of the molecule is O=C(Nc1ccc(F)c(Cl)c1)C1CCCN(S(=O)(=O)c2c[nH]c(C(=O)N3CCCC3)c2)C1. The van der Waals surface area contributed by atoms with Crippen molar-refractivity contribution in [2.24, 2.45) is 5.92 Å². The third kappa shape index (κ3) is 4.67. The molecule has 1 unspecified atom stereocenters. The van der Waals surface area contributed by atoms with Gasteiger partial charge in [0, 0.05) is 38.1 Å². The van der Waals surface area contributed by atoms with Crippen LogP contribution in [0.3, 0.4) is 0 Å². The average molecular weight is 483 g/mol. The number of likely N-dealkylation sites (tertiary alicyclic amines) is 1. The number of hydrogen-bond donors (Lipinski definition) is 2. The van der Waals surface area contributed by atoms with Gasteiger partial charge < -0.3 is 15.2 Å². The molecule has 0 aliphatic carbocycles. The van der Waals surface area contributed by atoms with Gasteiger partial charge in [-0.2, -0.15) is 4.31 Å². The molecule has 4 rings (SSSR count). The van der Waals surface area contributed by atoms with Crippen molar-refractivity contribution in [2.45, 2.75) is 30.6 Å². The monoisotopic (exact) mass is 482 g/mol. The van der Waals surface area contributed by atoms with Crippen molar-refractivity contribution in [3.05, 3.63) is 47.0 Å². The number of H-pyrrole nitrogens is 1. The van der Waals surface area contributed by atoms with Gasteiger partial charge in [0.1, 0.15) is 16.4 Å². The van der Waals surface area contributed by atoms with Crippen molar-refractivity contribution in [3.8, 4) is 0 Å². The Morgan fingerprint density at radius 3 is 2.59 bits per heavy atom. The molecule has 2 amide bonds. The number of amides is 2. The van der Waals surface area contributed by atoms with E-state index in [-0.39, 0.29) is 40.5 Å². The Balaban J connectivity index is 1.44. The van der Waals surface area contributed by atoms with E-state index in [1.807, 2.05) is 0 Å². The zero-order chi connectivity index (χ0) is 22.9. The van der Waals surface area contributed by atoms with E-state index in [1.165, 1.54) is 28.7 Å². The summed E-state index contributed by atoms with van der Waals surface area (Å²) in [6.45, 7) is 1.64. The molecule has 172 valence electrons. The maximum Gasteiger partial charge on any atom is 0.270 e. The molecule has 2 aliphatic heterocycles. The largest absolute Gasteiger partial charge is 0.356 e. The molecule has 0 bridgehead atoms. The molecule has 1 atom stereocenters. The predicted octanol–water partition coefficient (Wildman–Crippen LogP) is 3.08. The normalized spacial score (nSPS) is 19.8. The van der Waals surface area contributed by atoms with Crippen molar-refractivity contribution in [3.63, 3.8) is 0 Å². The quantitative estimate of drug-likeness (QED) is 0.683. The Morgan fingerprint density at radius 2 is 1.88 bits per heavy atom. The summed E-state index contributed by atoms with van der Waals surface area (Å²) in [5.41, 5.74) is 0.585. The van der Waals surface area contributed by atoms with Crippen molar-refractivity contribution < 1.29 is 22.4 Å². The highest BCUT2D eigenvalue weighted by molar-refractivity contribution is 7.89. The highest BCUT2D eigenvalue weighted by Crippen LogP contribution is 2.26. The third-order valence-corrected chi connectivity index (χ3v) is 7.99. The van der Waals surface area contributed by atoms with Gasteiger partial charge in [-0.25, -0.2) is 12.8 Å². The first-order chi connectivity index (χ1) is 15.3. The van der Waals surface area contributed by atoms with Gasteiger partial charge in [0.2, 0.25) is 15.9 Å². The first-order valence-corrected chi connectivity index (χ1v) is 12.3. The van der Waals surface area contributed by atoms with Crippen molar-refractivity contribution in [2.75, 3.05) is 31.5 Å². The maximum atomic E-state index is 13.3. The molecule has 2 aliphatic rings. The lowest BCUT2D eigenvalue weighted by molar-refractivity contribution is -0.120. The van der Waals surface area contributed by atoms with Gasteiger partial charge in [0.25, 0.3) is 5.91 Å². The molecule has 1 aromatic heterocycles. The van der Waals surface area contributed by atoms with Crippen molar-refractivity contribution >= 4 is 39.1 Å². The zero-order valence-electron chi connectivity index (χ0n) is 17.3. The van der Waals surface area contributed by atoms with E-state index in [4.69, 9.17) is 11.6 Å². The molecule has 0 radical (unpaired) electrons. The van der Waals surface area contributed by atoms with E-state index in [0.717, 1.165) is 18.9 Å². The van der Waals surface area contributed by atoms with Crippen LogP contribution in [0.5, 0.6) is 0 Å². The Bertz CT molecular complexity index is 1130. The topological polar surface area (TPSA) is 103 Å².